The van der Waals surface area contributed by atoms with Gasteiger partial charge in [-0.3, -0.25) is 9.59 Å². The molecule has 0 radical (unpaired) electrons. The van der Waals surface area contributed by atoms with Crippen molar-refractivity contribution in [2.45, 2.75) is 53.6 Å². The maximum absolute atomic E-state index is 12.3. The van der Waals surface area contributed by atoms with Gasteiger partial charge in [0.1, 0.15) is 11.4 Å². The standard InChI is InChI=1S/C20H26O4/c1-13(2)17(23-18(22)19(4,5)6)16-12-20(16,24-14(3)21)15-10-8-7-9-11-15/h7-11,16H,12H2,1-6H3/t16-,20-/m0/s1. The number of hydrogen-bond acceptors (Lipinski definition) is 4. The van der Waals surface area contributed by atoms with Crippen LogP contribution in [0.15, 0.2) is 41.7 Å². The highest BCUT2D eigenvalue weighted by atomic mass is 16.6. The molecular weight excluding hydrogens is 304 g/mol. The molecule has 0 spiro atoms. The van der Waals surface area contributed by atoms with E-state index in [0.29, 0.717) is 12.2 Å². The van der Waals surface area contributed by atoms with Gasteiger partial charge in [-0.1, -0.05) is 30.3 Å². The van der Waals surface area contributed by atoms with Gasteiger partial charge in [-0.15, -0.1) is 0 Å². The lowest BCUT2D eigenvalue weighted by molar-refractivity contribution is -0.151. The van der Waals surface area contributed by atoms with Crippen LogP contribution in [0.5, 0.6) is 0 Å². The minimum Gasteiger partial charge on any atom is -0.454 e. The van der Waals surface area contributed by atoms with Gasteiger partial charge in [0, 0.05) is 13.3 Å². The van der Waals surface area contributed by atoms with Crippen molar-refractivity contribution >= 4 is 11.9 Å². The molecule has 0 aromatic heterocycles. The van der Waals surface area contributed by atoms with E-state index >= 15 is 0 Å². The molecule has 1 aliphatic carbocycles. The van der Waals surface area contributed by atoms with E-state index in [1.165, 1.54) is 6.92 Å². The average molecular weight is 330 g/mol. The SMILES string of the molecule is CC(=O)O[C@]1(c2ccccc2)C[C@H]1C(OC(=O)C(C)(C)C)=C(C)C. The highest BCUT2D eigenvalue weighted by molar-refractivity contribution is 5.76. The van der Waals surface area contributed by atoms with Gasteiger partial charge < -0.3 is 9.47 Å². The predicted octanol–water partition coefficient (Wildman–Crippen LogP) is 4.35. The molecular formula is C20H26O4. The quantitative estimate of drug-likeness (QED) is 0.608. The van der Waals surface area contributed by atoms with Crippen molar-refractivity contribution in [3.05, 3.63) is 47.2 Å². The fraction of sp³-hybridized carbons (Fsp3) is 0.500. The highest BCUT2D eigenvalue weighted by Crippen LogP contribution is 2.59. The molecule has 1 aromatic carbocycles. The van der Waals surface area contributed by atoms with Gasteiger partial charge in [0.2, 0.25) is 0 Å². The normalized spacial score (nSPS) is 22.5. The maximum atomic E-state index is 12.3. The van der Waals surface area contributed by atoms with Crippen LogP contribution in [0.1, 0.15) is 53.5 Å². The summed E-state index contributed by atoms with van der Waals surface area (Å²) in [5.41, 5.74) is 0.517. The highest BCUT2D eigenvalue weighted by Gasteiger charge is 2.62. The van der Waals surface area contributed by atoms with Crippen LogP contribution in [0.4, 0.5) is 0 Å². The Labute approximate surface area is 143 Å². The number of carbonyl (C=O) groups is 2. The first-order valence-electron chi connectivity index (χ1n) is 8.22. The van der Waals surface area contributed by atoms with Crippen molar-refractivity contribution in [1.82, 2.24) is 0 Å². The van der Waals surface area contributed by atoms with Crippen molar-refractivity contribution < 1.29 is 19.1 Å². The van der Waals surface area contributed by atoms with E-state index in [9.17, 15) is 9.59 Å². The van der Waals surface area contributed by atoms with Crippen LogP contribution in [-0.4, -0.2) is 11.9 Å². The first-order chi connectivity index (χ1) is 11.1. The third-order valence-corrected chi connectivity index (χ3v) is 4.12. The van der Waals surface area contributed by atoms with Crippen molar-refractivity contribution in [2.24, 2.45) is 11.3 Å². The minimum atomic E-state index is -0.738. The molecule has 0 saturated heterocycles. The fourth-order valence-corrected chi connectivity index (χ4v) is 2.79. The number of hydrogen-bond donors (Lipinski definition) is 0. The van der Waals surface area contributed by atoms with Gasteiger partial charge >= 0.3 is 11.9 Å². The zero-order valence-electron chi connectivity index (χ0n) is 15.3. The van der Waals surface area contributed by atoms with Gasteiger partial charge in [-0.25, -0.2) is 0 Å². The van der Waals surface area contributed by atoms with Crippen LogP contribution in [0.25, 0.3) is 0 Å². The average Bonchev–Trinajstić information content (AvgIpc) is 3.18. The van der Waals surface area contributed by atoms with Gasteiger partial charge in [0.25, 0.3) is 0 Å². The second kappa shape index (κ2) is 6.42. The summed E-state index contributed by atoms with van der Waals surface area (Å²) in [7, 11) is 0. The van der Waals surface area contributed by atoms with Crippen molar-refractivity contribution in [3.63, 3.8) is 0 Å². The number of benzene rings is 1. The molecule has 4 heteroatoms. The van der Waals surface area contributed by atoms with Crippen LogP contribution >= 0.6 is 0 Å². The second-order valence-electron chi connectivity index (χ2n) is 7.61. The molecule has 0 N–H and O–H groups in total. The molecule has 0 heterocycles. The van der Waals surface area contributed by atoms with Crippen LogP contribution in [0.3, 0.4) is 0 Å². The Bertz CT molecular complexity index is 663. The maximum Gasteiger partial charge on any atom is 0.316 e. The third-order valence-electron chi connectivity index (χ3n) is 4.12. The van der Waals surface area contributed by atoms with Crippen molar-refractivity contribution in [2.75, 3.05) is 0 Å². The van der Waals surface area contributed by atoms with Crippen LogP contribution in [0, 0.1) is 11.3 Å². The third kappa shape index (κ3) is 3.69. The molecule has 4 nitrogen and oxygen atoms in total. The van der Waals surface area contributed by atoms with E-state index in [0.717, 1.165) is 11.1 Å². The zero-order valence-corrected chi connectivity index (χ0v) is 15.3. The minimum absolute atomic E-state index is 0.139. The summed E-state index contributed by atoms with van der Waals surface area (Å²) in [5, 5.41) is 0. The topological polar surface area (TPSA) is 52.6 Å². The second-order valence-corrected chi connectivity index (χ2v) is 7.61. The molecule has 0 aliphatic heterocycles. The number of carbonyl (C=O) groups excluding carboxylic acids is 2. The van der Waals surface area contributed by atoms with Crippen molar-refractivity contribution in [1.29, 1.82) is 0 Å². The fourth-order valence-electron chi connectivity index (χ4n) is 2.79. The number of ether oxygens (including phenoxy) is 2. The zero-order chi connectivity index (χ0) is 18.1. The van der Waals surface area contributed by atoms with Crippen LogP contribution in [0.2, 0.25) is 0 Å². The number of rotatable bonds is 4. The van der Waals surface area contributed by atoms with Gasteiger partial charge in [-0.2, -0.15) is 0 Å². The van der Waals surface area contributed by atoms with Crippen LogP contribution < -0.4 is 0 Å². The monoisotopic (exact) mass is 330 g/mol. The predicted molar refractivity (Wildman–Crippen MR) is 91.9 cm³/mol. The Hall–Kier alpha value is -2.10. The lowest BCUT2D eigenvalue weighted by Gasteiger charge is -2.22. The lowest BCUT2D eigenvalue weighted by atomic mass is 9.97. The molecule has 24 heavy (non-hydrogen) atoms. The summed E-state index contributed by atoms with van der Waals surface area (Å²) in [5.74, 6) is -0.146. The van der Waals surface area contributed by atoms with Gasteiger partial charge in [0.15, 0.2) is 0 Å². The Balaban J connectivity index is 2.34. The van der Waals surface area contributed by atoms with E-state index in [1.807, 2.05) is 65.0 Å². The smallest absolute Gasteiger partial charge is 0.316 e. The lowest BCUT2D eigenvalue weighted by Crippen LogP contribution is -2.25. The number of esters is 2. The molecule has 0 bridgehead atoms. The number of allylic oxidation sites excluding steroid dienone is 1. The Morgan fingerprint density at radius 3 is 2.12 bits per heavy atom. The molecule has 2 atom stereocenters. The summed E-state index contributed by atoms with van der Waals surface area (Å²) in [4.78, 5) is 24.0. The van der Waals surface area contributed by atoms with E-state index < -0.39 is 11.0 Å². The van der Waals surface area contributed by atoms with Gasteiger partial charge in [-0.05, 0) is 45.8 Å². The first kappa shape index (κ1) is 18.2. The molecule has 1 saturated carbocycles. The van der Waals surface area contributed by atoms with Gasteiger partial charge in [0.05, 0.1) is 11.3 Å². The van der Waals surface area contributed by atoms with Crippen LogP contribution in [-0.2, 0) is 24.7 Å². The Kier molecular flexibility index (Phi) is 4.88. The van der Waals surface area contributed by atoms with Crippen molar-refractivity contribution in [3.8, 4) is 0 Å². The summed E-state index contributed by atoms with van der Waals surface area (Å²) in [6.45, 7) is 10.7. The molecule has 1 fully saturated rings. The Morgan fingerprint density at radius 1 is 1.08 bits per heavy atom. The molecule has 130 valence electrons. The summed E-state index contributed by atoms with van der Waals surface area (Å²) in [6.07, 6.45) is 0.620. The molecule has 1 aliphatic rings. The first-order valence-corrected chi connectivity index (χ1v) is 8.22. The molecule has 1 aromatic rings. The summed E-state index contributed by atoms with van der Waals surface area (Å²) in [6, 6.07) is 9.64. The van der Waals surface area contributed by atoms with E-state index in [4.69, 9.17) is 9.47 Å². The largest absolute Gasteiger partial charge is 0.454 e. The molecule has 0 unspecified atom stereocenters. The summed E-state index contributed by atoms with van der Waals surface area (Å²) >= 11 is 0. The summed E-state index contributed by atoms with van der Waals surface area (Å²) < 4.78 is 11.4. The van der Waals surface area contributed by atoms with E-state index in [1.54, 1.807) is 0 Å². The van der Waals surface area contributed by atoms with E-state index in [-0.39, 0.29) is 17.9 Å². The Morgan fingerprint density at radius 2 is 1.67 bits per heavy atom. The molecule has 2 rings (SSSR count). The molecule has 0 amide bonds. The van der Waals surface area contributed by atoms with E-state index in [2.05, 4.69) is 0 Å².